The van der Waals surface area contributed by atoms with Gasteiger partial charge in [0.05, 0.1) is 0 Å². The Balaban J connectivity index is 2.28. The van der Waals surface area contributed by atoms with Crippen molar-refractivity contribution in [3.63, 3.8) is 0 Å². The molecule has 1 saturated carbocycles. The quantitative estimate of drug-likeness (QED) is 0.678. The molecule has 0 heterocycles. The number of aliphatic carboxylic acids is 1. The molecule has 0 bridgehead atoms. The molecule has 2 N–H and O–H groups in total. The molecule has 4 heteroatoms. The number of nitrogens with one attached hydrogen (secondary N) is 1. The van der Waals surface area contributed by atoms with Gasteiger partial charge in [-0.25, -0.2) is 0 Å². The lowest BCUT2D eigenvalue weighted by Crippen LogP contribution is -2.48. The largest absolute Gasteiger partial charge is 0.480 e. The van der Waals surface area contributed by atoms with Crippen LogP contribution in [-0.4, -0.2) is 48.2 Å². The molecule has 0 aliphatic heterocycles. The maximum absolute atomic E-state index is 11.1. The molecule has 1 aliphatic rings. The van der Waals surface area contributed by atoms with Crippen LogP contribution in [0.2, 0.25) is 0 Å². The van der Waals surface area contributed by atoms with Crippen LogP contribution in [0.3, 0.4) is 0 Å². The molecule has 0 aromatic carbocycles. The highest BCUT2D eigenvalue weighted by Gasteiger charge is 2.32. The lowest BCUT2D eigenvalue weighted by atomic mass is 9.96. The first kappa shape index (κ1) is 14.5. The van der Waals surface area contributed by atoms with E-state index in [0.717, 1.165) is 18.9 Å². The van der Waals surface area contributed by atoms with E-state index in [4.69, 9.17) is 5.11 Å². The molecule has 1 aliphatic carbocycles. The summed E-state index contributed by atoms with van der Waals surface area (Å²) in [5.74, 6) is 0.105. The second-order valence-corrected chi connectivity index (χ2v) is 5.55. The van der Waals surface area contributed by atoms with Crippen molar-refractivity contribution >= 4 is 5.97 Å². The number of carboxylic acid groups (broad SMARTS) is 1. The monoisotopic (exact) mass is 242 g/mol. The van der Waals surface area contributed by atoms with E-state index < -0.39 is 11.5 Å². The summed E-state index contributed by atoms with van der Waals surface area (Å²) in [5.41, 5.74) is -0.788. The first-order valence-corrected chi connectivity index (χ1v) is 6.53. The third-order valence-corrected chi connectivity index (χ3v) is 4.21. The van der Waals surface area contributed by atoms with Crippen molar-refractivity contribution in [1.29, 1.82) is 0 Å². The number of carbonyl (C=O) groups is 1. The fraction of sp³-hybridized carbons (Fsp3) is 0.923. The molecule has 0 radical (unpaired) electrons. The summed E-state index contributed by atoms with van der Waals surface area (Å²) < 4.78 is 0. The van der Waals surface area contributed by atoms with E-state index in [0.29, 0.717) is 12.5 Å². The summed E-state index contributed by atoms with van der Waals surface area (Å²) in [4.78, 5) is 13.5. The molecule has 0 aromatic heterocycles. The number of likely N-dealkylation sites (N-methyl/N-ethyl adjacent to an activating group) is 1. The first-order valence-electron chi connectivity index (χ1n) is 6.53. The Hall–Kier alpha value is -0.610. The lowest BCUT2D eigenvalue weighted by molar-refractivity contribution is -0.144. The predicted molar refractivity (Wildman–Crippen MR) is 69.2 cm³/mol. The standard InChI is InChI=1S/C13H26N2O2/c1-10(11-6-7-11)15(4)9-5-8-13(2,14-3)12(16)17/h10-11,14H,5-9H2,1-4H3,(H,16,17). The van der Waals surface area contributed by atoms with Crippen molar-refractivity contribution in [1.82, 2.24) is 10.2 Å². The highest BCUT2D eigenvalue weighted by atomic mass is 16.4. The lowest BCUT2D eigenvalue weighted by Gasteiger charge is -2.28. The van der Waals surface area contributed by atoms with E-state index in [1.165, 1.54) is 12.8 Å². The Labute approximate surface area is 104 Å². The minimum absolute atomic E-state index is 0.640. The molecule has 1 fully saturated rings. The van der Waals surface area contributed by atoms with Crippen LogP contribution in [0.5, 0.6) is 0 Å². The number of carboxylic acids is 1. The summed E-state index contributed by atoms with van der Waals surface area (Å²) in [6.45, 7) is 4.99. The highest BCUT2D eigenvalue weighted by molar-refractivity contribution is 5.78. The van der Waals surface area contributed by atoms with Crippen molar-refractivity contribution in [3.05, 3.63) is 0 Å². The second kappa shape index (κ2) is 5.83. The van der Waals surface area contributed by atoms with E-state index in [9.17, 15) is 4.79 Å². The van der Waals surface area contributed by atoms with Crippen LogP contribution in [0.4, 0.5) is 0 Å². The second-order valence-electron chi connectivity index (χ2n) is 5.55. The molecule has 0 spiro atoms. The van der Waals surface area contributed by atoms with E-state index in [-0.39, 0.29) is 0 Å². The molecule has 0 aromatic rings. The summed E-state index contributed by atoms with van der Waals surface area (Å²) in [6, 6.07) is 0.640. The molecule has 4 nitrogen and oxygen atoms in total. The number of hydrogen-bond donors (Lipinski definition) is 2. The van der Waals surface area contributed by atoms with Crippen LogP contribution in [0.1, 0.15) is 39.5 Å². The maximum Gasteiger partial charge on any atom is 0.323 e. The van der Waals surface area contributed by atoms with E-state index in [2.05, 4.69) is 24.2 Å². The Morgan fingerprint density at radius 1 is 1.59 bits per heavy atom. The molecule has 0 saturated heterocycles. The van der Waals surface area contributed by atoms with E-state index in [1.807, 2.05) is 0 Å². The van der Waals surface area contributed by atoms with Crippen LogP contribution < -0.4 is 5.32 Å². The van der Waals surface area contributed by atoms with Crippen molar-refractivity contribution in [2.24, 2.45) is 5.92 Å². The SMILES string of the molecule is CNC(C)(CCCN(C)C(C)C1CC1)C(=O)O. The maximum atomic E-state index is 11.1. The van der Waals surface area contributed by atoms with Crippen molar-refractivity contribution in [3.8, 4) is 0 Å². The minimum atomic E-state index is -0.788. The van der Waals surface area contributed by atoms with Crippen LogP contribution >= 0.6 is 0 Å². The van der Waals surface area contributed by atoms with Gasteiger partial charge in [0.2, 0.25) is 0 Å². The minimum Gasteiger partial charge on any atom is -0.480 e. The molecule has 100 valence electrons. The van der Waals surface area contributed by atoms with Gasteiger partial charge in [-0.2, -0.15) is 0 Å². The van der Waals surface area contributed by atoms with Gasteiger partial charge < -0.3 is 15.3 Å². The van der Waals surface area contributed by atoms with Gasteiger partial charge >= 0.3 is 5.97 Å². The third kappa shape index (κ3) is 3.96. The zero-order valence-electron chi connectivity index (χ0n) is 11.5. The zero-order chi connectivity index (χ0) is 13.1. The molecular weight excluding hydrogens is 216 g/mol. The van der Waals surface area contributed by atoms with Crippen LogP contribution in [0.25, 0.3) is 0 Å². The Morgan fingerprint density at radius 2 is 2.18 bits per heavy atom. The Kier molecular flexibility index (Phi) is 4.95. The van der Waals surface area contributed by atoms with E-state index >= 15 is 0 Å². The summed E-state index contributed by atoms with van der Waals surface area (Å²) in [5, 5.41) is 12.0. The highest BCUT2D eigenvalue weighted by Crippen LogP contribution is 2.34. The van der Waals surface area contributed by atoms with Gasteiger partial charge in [-0.1, -0.05) is 0 Å². The van der Waals surface area contributed by atoms with Crippen LogP contribution in [-0.2, 0) is 4.79 Å². The fourth-order valence-electron chi connectivity index (χ4n) is 2.16. The van der Waals surface area contributed by atoms with Gasteiger partial charge in [-0.05, 0) is 66.1 Å². The smallest absolute Gasteiger partial charge is 0.323 e. The van der Waals surface area contributed by atoms with Crippen molar-refractivity contribution in [2.75, 3.05) is 20.6 Å². The Bertz CT molecular complexity index is 266. The molecule has 1 rings (SSSR count). The van der Waals surface area contributed by atoms with Gasteiger partial charge in [0.1, 0.15) is 5.54 Å². The average molecular weight is 242 g/mol. The van der Waals surface area contributed by atoms with Gasteiger partial charge in [0.15, 0.2) is 0 Å². The topological polar surface area (TPSA) is 52.6 Å². The average Bonchev–Trinajstić information content (AvgIpc) is 3.11. The summed E-state index contributed by atoms with van der Waals surface area (Å²) >= 11 is 0. The predicted octanol–water partition coefficient (Wildman–Crippen LogP) is 1.56. The van der Waals surface area contributed by atoms with Crippen LogP contribution in [0, 0.1) is 5.92 Å². The van der Waals surface area contributed by atoms with Gasteiger partial charge in [-0.15, -0.1) is 0 Å². The van der Waals surface area contributed by atoms with Crippen LogP contribution in [0.15, 0.2) is 0 Å². The molecule has 0 amide bonds. The number of nitrogens with zero attached hydrogens (tertiary/aromatic N) is 1. The van der Waals surface area contributed by atoms with Gasteiger partial charge in [0.25, 0.3) is 0 Å². The number of rotatable bonds is 8. The first-order chi connectivity index (χ1) is 7.90. The summed E-state index contributed by atoms with van der Waals surface area (Å²) in [7, 11) is 3.85. The summed E-state index contributed by atoms with van der Waals surface area (Å²) in [6.07, 6.45) is 4.29. The molecular formula is C13H26N2O2. The number of hydrogen-bond acceptors (Lipinski definition) is 3. The molecule has 2 unspecified atom stereocenters. The zero-order valence-corrected chi connectivity index (χ0v) is 11.5. The van der Waals surface area contributed by atoms with Crippen molar-refractivity contribution < 1.29 is 9.90 Å². The van der Waals surface area contributed by atoms with Gasteiger partial charge in [-0.3, -0.25) is 4.79 Å². The molecule has 2 atom stereocenters. The molecule has 17 heavy (non-hydrogen) atoms. The van der Waals surface area contributed by atoms with E-state index in [1.54, 1.807) is 14.0 Å². The van der Waals surface area contributed by atoms with Crippen molar-refractivity contribution in [2.45, 2.75) is 51.1 Å². The Morgan fingerprint density at radius 3 is 2.59 bits per heavy atom. The third-order valence-electron chi connectivity index (χ3n) is 4.21. The fourth-order valence-corrected chi connectivity index (χ4v) is 2.16. The normalized spacial score (nSPS) is 21.2. The van der Waals surface area contributed by atoms with Gasteiger partial charge in [0, 0.05) is 6.04 Å².